The van der Waals surface area contributed by atoms with E-state index >= 15 is 0 Å². The second-order valence-electron chi connectivity index (χ2n) is 6.46. The Morgan fingerprint density at radius 3 is 2.89 bits per heavy atom. The van der Waals surface area contributed by atoms with Crippen molar-refractivity contribution in [2.75, 3.05) is 25.1 Å². The third kappa shape index (κ3) is 4.38. The fourth-order valence-corrected chi connectivity index (χ4v) is 3.07. The van der Waals surface area contributed by atoms with Crippen LogP contribution in [0.25, 0.3) is 11.0 Å². The average Bonchev–Trinajstić information content (AvgIpc) is 3.04. The summed E-state index contributed by atoms with van der Waals surface area (Å²) in [4.78, 5) is 4.54. The number of hydrogen-bond acceptors (Lipinski definition) is 7. The fourth-order valence-electron chi connectivity index (χ4n) is 2.63. The van der Waals surface area contributed by atoms with Gasteiger partial charge in [-0.1, -0.05) is 18.5 Å². The van der Waals surface area contributed by atoms with Gasteiger partial charge >= 0.3 is 0 Å². The number of nitrogens with one attached hydrogen (secondary N) is 2. The summed E-state index contributed by atoms with van der Waals surface area (Å²) in [6.45, 7) is 7.31. The number of halogens is 1. The number of nitrogens with two attached hydrogens (primary N) is 1. The lowest BCUT2D eigenvalue weighted by molar-refractivity contribution is 0.144. The molecule has 0 aromatic carbocycles. The van der Waals surface area contributed by atoms with E-state index in [9.17, 15) is 5.26 Å². The summed E-state index contributed by atoms with van der Waals surface area (Å²) in [5.41, 5.74) is 5.56. The molecule has 2 aromatic rings. The van der Waals surface area contributed by atoms with E-state index in [1.807, 2.05) is 6.92 Å². The summed E-state index contributed by atoms with van der Waals surface area (Å²) in [6, 6.07) is 2.28. The molecule has 0 saturated heterocycles. The second-order valence-corrected chi connectivity index (χ2v) is 6.84. The van der Waals surface area contributed by atoms with Gasteiger partial charge in [-0.25, -0.2) is 4.98 Å². The van der Waals surface area contributed by atoms with Gasteiger partial charge in [-0.3, -0.25) is 5.41 Å². The lowest BCUT2D eigenvalue weighted by Crippen LogP contribution is -2.19. The Kier molecular flexibility index (Phi) is 6.77. The molecule has 0 bridgehead atoms. The van der Waals surface area contributed by atoms with Gasteiger partial charge in [-0.15, -0.1) is 0 Å². The SMILES string of the molecule is CCCOCCNc1nc2c(cnn2C(=N)/C=C\N)c(C(C)(C)C#N)c1Cl. The summed E-state index contributed by atoms with van der Waals surface area (Å²) in [5.74, 6) is 0.481. The Balaban J connectivity index is 2.55. The van der Waals surface area contributed by atoms with Crippen molar-refractivity contribution in [3.8, 4) is 6.07 Å². The highest BCUT2D eigenvalue weighted by Gasteiger charge is 2.30. The van der Waals surface area contributed by atoms with Crippen LogP contribution in [0.4, 0.5) is 5.82 Å². The molecule has 8 nitrogen and oxygen atoms in total. The third-order valence-electron chi connectivity index (χ3n) is 3.93. The summed E-state index contributed by atoms with van der Waals surface area (Å²) in [5, 5.41) is 26.1. The molecule has 0 spiro atoms. The second kappa shape index (κ2) is 8.84. The van der Waals surface area contributed by atoms with Gasteiger partial charge in [0, 0.05) is 24.1 Å². The molecule has 144 valence electrons. The molecule has 0 amide bonds. The maximum Gasteiger partial charge on any atom is 0.167 e. The van der Waals surface area contributed by atoms with Crippen molar-refractivity contribution in [1.29, 1.82) is 10.7 Å². The van der Waals surface area contributed by atoms with Gasteiger partial charge in [0.25, 0.3) is 0 Å². The van der Waals surface area contributed by atoms with Gasteiger partial charge in [0.1, 0.15) is 11.7 Å². The van der Waals surface area contributed by atoms with Crippen molar-refractivity contribution >= 4 is 34.3 Å². The first kappa shape index (κ1) is 20.7. The number of fused-ring (bicyclic) bond motifs is 1. The van der Waals surface area contributed by atoms with E-state index in [-0.39, 0.29) is 5.84 Å². The van der Waals surface area contributed by atoms with Gasteiger partial charge in [0.05, 0.1) is 29.3 Å². The molecule has 0 saturated carbocycles. The first-order valence-corrected chi connectivity index (χ1v) is 9.03. The smallest absolute Gasteiger partial charge is 0.167 e. The number of rotatable bonds is 8. The summed E-state index contributed by atoms with van der Waals surface area (Å²) >= 11 is 6.60. The zero-order valence-electron chi connectivity index (χ0n) is 15.7. The highest BCUT2D eigenvalue weighted by atomic mass is 35.5. The molecular weight excluding hydrogens is 366 g/mol. The number of anilines is 1. The number of allylic oxidation sites excluding steroid dienone is 1. The maximum absolute atomic E-state index is 9.63. The molecule has 0 fully saturated rings. The molecule has 2 heterocycles. The molecule has 0 atom stereocenters. The normalized spacial score (nSPS) is 11.8. The number of ether oxygens (including phenoxy) is 1. The average molecular weight is 390 g/mol. The van der Waals surface area contributed by atoms with E-state index < -0.39 is 5.41 Å². The minimum Gasteiger partial charge on any atom is -0.404 e. The number of aromatic nitrogens is 3. The van der Waals surface area contributed by atoms with Crippen molar-refractivity contribution < 1.29 is 4.74 Å². The topological polar surface area (TPSA) is 126 Å². The Morgan fingerprint density at radius 1 is 1.52 bits per heavy atom. The van der Waals surface area contributed by atoms with E-state index in [2.05, 4.69) is 21.5 Å². The number of nitriles is 1. The van der Waals surface area contributed by atoms with Crippen LogP contribution in [0.15, 0.2) is 18.5 Å². The van der Waals surface area contributed by atoms with Gasteiger partial charge in [0.2, 0.25) is 0 Å². The summed E-state index contributed by atoms with van der Waals surface area (Å²) in [7, 11) is 0. The minimum absolute atomic E-state index is 0.0558. The van der Waals surface area contributed by atoms with E-state index in [0.29, 0.717) is 47.2 Å². The van der Waals surface area contributed by atoms with Gasteiger partial charge in [0.15, 0.2) is 5.65 Å². The summed E-state index contributed by atoms with van der Waals surface area (Å²) in [6.07, 6.45) is 5.18. The highest BCUT2D eigenvalue weighted by Crippen LogP contribution is 2.38. The molecule has 2 aromatic heterocycles. The number of nitrogens with zero attached hydrogens (tertiary/aromatic N) is 4. The monoisotopic (exact) mass is 389 g/mol. The van der Waals surface area contributed by atoms with Crippen molar-refractivity contribution in [3.05, 3.63) is 29.1 Å². The van der Waals surface area contributed by atoms with E-state index in [4.69, 9.17) is 27.5 Å². The minimum atomic E-state index is -0.868. The van der Waals surface area contributed by atoms with Crippen LogP contribution in [-0.4, -0.2) is 40.4 Å². The van der Waals surface area contributed by atoms with Crippen LogP contribution in [0.3, 0.4) is 0 Å². The van der Waals surface area contributed by atoms with Crippen LogP contribution in [0, 0.1) is 16.7 Å². The maximum atomic E-state index is 9.63. The van der Waals surface area contributed by atoms with Crippen LogP contribution in [-0.2, 0) is 10.2 Å². The highest BCUT2D eigenvalue weighted by molar-refractivity contribution is 6.35. The first-order chi connectivity index (χ1) is 12.9. The van der Waals surface area contributed by atoms with Crippen LogP contribution >= 0.6 is 11.6 Å². The van der Waals surface area contributed by atoms with E-state index in [1.165, 1.54) is 17.0 Å². The van der Waals surface area contributed by atoms with Crippen LogP contribution in [0.1, 0.15) is 32.8 Å². The van der Waals surface area contributed by atoms with Crippen molar-refractivity contribution in [2.45, 2.75) is 32.6 Å². The Labute approximate surface area is 163 Å². The lowest BCUT2D eigenvalue weighted by Gasteiger charge is -2.21. The molecule has 0 aliphatic heterocycles. The number of pyridine rings is 1. The Morgan fingerprint density at radius 2 is 2.26 bits per heavy atom. The van der Waals surface area contributed by atoms with Gasteiger partial charge < -0.3 is 15.8 Å². The predicted molar refractivity (Wildman–Crippen MR) is 107 cm³/mol. The fraction of sp³-hybridized carbons (Fsp3) is 0.444. The molecule has 0 aliphatic carbocycles. The molecule has 0 aliphatic rings. The quantitative estimate of drug-likeness (QED) is 0.362. The number of hydrogen-bond donors (Lipinski definition) is 3. The molecule has 0 radical (unpaired) electrons. The lowest BCUT2D eigenvalue weighted by atomic mass is 9.85. The van der Waals surface area contributed by atoms with Crippen molar-refractivity contribution in [1.82, 2.24) is 14.8 Å². The van der Waals surface area contributed by atoms with E-state index in [0.717, 1.165) is 6.42 Å². The first-order valence-electron chi connectivity index (χ1n) is 8.65. The third-order valence-corrected chi connectivity index (χ3v) is 4.30. The van der Waals surface area contributed by atoms with Crippen LogP contribution in [0.5, 0.6) is 0 Å². The largest absolute Gasteiger partial charge is 0.404 e. The van der Waals surface area contributed by atoms with Crippen LogP contribution in [0.2, 0.25) is 5.02 Å². The predicted octanol–water partition coefficient (Wildman–Crippen LogP) is 3.02. The zero-order chi connectivity index (χ0) is 20.0. The van der Waals surface area contributed by atoms with Crippen molar-refractivity contribution in [3.63, 3.8) is 0 Å². The Hall–Kier alpha value is -2.63. The molecule has 2 rings (SSSR count). The standard InChI is InChI=1S/C18H24ClN7O/c1-4-8-27-9-7-23-16-15(19)14(18(2,3)11-21)12-10-24-26(17(12)25-16)13(22)5-6-20/h5-6,10,22H,4,7-9,20H2,1-3H3,(H,23,25)/b6-5-,22-13?. The van der Waals surface area contributed by atoms with Gasteiger partial charge in [-0.2, -0.15) is 15.0 Å². The van der Waals surface area contributed by atoms with Crippen molar-refractivity contribution in [2.24, 2.45) is 5.73 Å². The van der Waals surface area contributed by atoms with E-state index in [1.54, 1.807) is 20.0 Å². The van der Waals surface area contributed by atoms with Gasteiger partial charge in [-0.05, 0) is 32.5 Å². The molecular formula is C18H24ClN7O. The zero-order valence-corrected chi connectivity index (χ0v) is 16.5. The molecule has 4 N–H and O–H groups in total. The molecule has 0 unspecified atom stereocenters. The molecule has 9 heteroatoms. The molecule has 27 heavy (non-hydrogen) atoms. The van der Waals surface area contributed by atoms with Crippen LogP contribution < -0.4 is 11.1 Å². The summed E-state index contributed by atoms with van der Waals surface area (Å²) < 4.78 is 6.82. The Bertz CT molecular complexity index is 895.